The van der Waals surface area contributed by atoms with Gasteiger partial charge in [-0.3, -0.25) is 0 Å². The lowest BCUT2D eigenvalue weighted by Crippen LogP contribution is -2.19. The van der Waals surface area contributed by atoms with E-state index in [1.54, 1.807) is 12.1 Å². The van der Waals surface area contributed by atoms with E-state index in [9.17, 15) is 4.39 Å². The highest BCUT2D eigenvalue weighted by Gasteiger charge is 1.95. The van der Waals surface area contributed by atoms with E-state index < -0.39 is 0 Å². The Bertz CT molecular complexity index is 288. The van der Waals surface area contributed by atoms with E-state index in [-0.39, 0.29) is 5.82 Å². The van der Waals surface area contributed by atoms with Gasteiger partial charge in [0.25, 0.3) is 0 Å². The van der Waals surface area contributed by atoms with Gasteiger partial charge in [-0.05, 0) is 38.4 Å². The van der Waals surface area contributed by atoms with Crippen molar-refractivity contribution in [3.63, 3.8) is 0 Å². The molecule has 0 aliphatic rings. The standard InChI is InChI=1S/C12H18FNO2/c1-14(2)7-8-15-9-10-16-12-5-3-11(13)4-6-12/h3-6H,7-10H2,1-2H3. The molecule has 90 valence electrons. The van der Waals surface area contributed by atoms with Gasteiger partial charge in [0.1, 0.15) is 18.2 Å². The van der Waals surface area contributed by atoms with Gasteiger partial charge in [-0.2, -0.15) is 0 Å². The molecule has 1 aromatic rings. The van der Waals surface area contributed by atoms with Crippen molar-refractivity contribution in [2.45, 2.75) is 0 Å². The van der Waals surface area contributed by atoms with Crippen LogP contribution in [-0.4, -0.2) is 45.4 Å². The highest BCUT2D eigenvalue weighted by Crippen LogP contribution is 2.10. The Kier molecular flexibility index (Phi) is 5.82. The van der Waals surface area contributed by atoms with E-state index >= 15 is 0 Å². The first-order valence-electron chi connectivity index (χ1n) is 5.29. The van der Waals surface area contributed by atoms with Crippen molar-refractivity contribution < 1.29 is 13.9 Å². The van der Waals surface area contributed by atoms with E-state index in [1.807, 2.05) is 14.1 Å². The first kappa shape index (κ1) is 12.9. The molecule has 0 bridgehead atoms. The smallest absolute Gasteiger partial charge is 0.123 e. The molecule has 0 radical (unpaired) electrons. The van der Waals surface area contributed by atoms with Gasteiger partial charge in [0, 0.05) is 6.54 Å². The Hall–Kier alpha value is -1.13. The SMILES string of the molecule is CN(C)CCOCCOc1ccc(F)cc1. The van der Waals surface area contributed by atoms with Gasteiger partial charge in [0.2, 0.25) is 0 Å². The summed E-state index contributed by atoms with van der Waals surface area (Å²) in [5.74, 6) is 0.409. The molecule has 0 unspecified atom stereocenters. The summed E-state index contributed by atoms with van der Waals surface area (Å²) in [6.07, 6.45) is 0. The fourth-order valence-corrected chi connectivity index (χ4v) is 1.10. The van der Waals surface area contributed by atoms with E-state index in [2.05, 4.69) is 4.90 Å². The van der Waals surface area contributed by atoms with Crippen molar-refractivity contribution >= 4 is 0 Å². The summed E-state index contributed by atoms with van der Waals surface area (Å²) in [4.78, 5) is 2.06. The van der Waals surface area contributed by atoms with E-state index in [0.29, 0.717) is 25.6 Å². The lowest BCUT2D eigenvalue weighted by molar-refractivity contribution is 0.0890. The van der Waals surface area contributed by atoms with Crippen LogP contribution in [0.25, 0.3) is 0 Å². The van der Waals surface area contributed by atoms with Crippen LogP contribution in [0.1, 0.15) is 0 Å². The monoisotopic (exact) mass is 227 g/mol. The molecule has 0 saturated carbocycles. The Balaban J connectivity index is 2.05. The van der Waals surface area contributed by atoms with Crippen LogP contribution >= 0.6 is 0 Å². The molecule has 0 heterocycles. The Morgan fingerprint density at radius 3 is 2.38 bits per heavy atom. The maximum atomic E-state index is 12.6. The molecular weight excluding hydrogens is 209 g/mol. The van der Waals surface area contributed by atoms with E-state index in [0.717, 1.165) is 6.54 Å². The van der Waals surface area contributed by atoms with Crippen LogP contribution in [0.3, 0.4) is 0 Å². The summed E-state index contributed by atoms with van der Waals surface area (Å²) in [6.45, 7) is 2.63. The van der Waals surface area contributed by atoms with Gasteiger partial charge in [-0.15, -0.1) is 0 Å². The Morgan fingerprint density at radius 2 is 1.75 bits per heavy atom. The van der Waals surface area contributed by atoms with Crippen molar-refractivity contribution in [1.82, 2.24) is 4.90 Å². The maximum absolute atomic E-state index is 12.6. The minimum absolute atomic E-state index is 0.255. The van der Waals surface area contributed by atoms with Crippen molar-refractivity contribution in [1.29, 1.82) is 0 Å². The normalized spacial score (nSPS) is 10.8. The second-order valence-corrected chi connectivity index (χ2v) is 3.72. The molecule has 0 N–H and O–H groups in total. The molecule has 0 aliphatic heterocycles. The highest BCUT2D eigenvalue weighted by atomic mass is 19.1. The van der Waals surface area contributed by atoms with E-state index in [1.165, 1.54) is 12.1 Å². The molecule has 1 rings (SSSR count). The molecule has 0 amide bonds. The lowest BCUT2D eigenvalue weighted by atomic mass is 10.3. The molecule has 0 aliphatic carbocycles. The average Bonchev–Trinajstić information content (AvgIpc) is 2.25. The number of benzene rings is 1. The predicted molar refractivity (Wildman–Crippen MR) is 61.3 cm³/mol. The molecule has 0 aromatic heterocycles. The zero-order valence-corrected chi connectivity index (χ0v) is 9.78. The summed E-state index contributed by atoms with van der Waals surface area (Å²) < 4.78 is 23.3. The van der Waals surface area contributed by atoms with Gasteiger partial charge >= 0.3 is 0 Å². The number of nitrogens with zero attached hydrogens (tertiary/aromatic N) is 1. The van der Waals surface area contributed by atoms with Gasteiger partial charge in [0.15, 0.2) is 0 Å². The summed E-state index contributed by atoms with van der Waals surface area (Å²) in [5, 5.41) is 0. The Morgan fingerprint density at radius 1 is 1.06 bits per heavy atom. The van der Waals surface area contributed by atoms with Crippen LogP contribution in [0.2, 0.25) is 0 Å². The van der Waals surface area contributed by atoms with Crippen LogP contribution in [0.5, 0.6) is 5.75 Å². The molecule has 1 aromatic carbocycles. The van der Waals surface area contributed by atoms with Gasteiger partial charge in [-0.1, -0.05) is 0 Å². The minimum atomic E-state index is -0.255. The van der Waals surface area contributed by atoms with E-state index in [4.69, 9.17) is 9.47 Å². The van der Waals surface area contributed by atoms with Crippen LogP contribution in [0.4, 0.5) is 4.39 Å². The summed E-state index contributed by atoms with van der Waals surface area (Å²) >= 11 is 0. The fourth-order valence-electron chi connectivity index (χ4n) is 1.10. The van der Waals surface area contributed by atoms with Crippen molar-refractivity contribution in [3.8, 4) is 5.75 Å². The third-order valence-corrected chi connectivity index (χ3v) is 1.99. The topological polar surface area (TPSA) is 21.7 Å². The number of hydrogen-bond acceptors (Lipinski definition) is 3. The highest BCUT2D eigenvalue weighted by molar-refractivity contribution is 5.21. The second kappa shape index (κ2) is 7.19. The van der Waals surface area contributed by atoms with Crippen molar-refractivity contribution in [3.05, 3.63) is 30.1 Å². The summed E-state index contributed by atoms with van der Waals surface area (Å²) in [6, 6.07) is 5.97. The quantitative estimate of drug-likeness (QED) is 0.663. The number of hydrogen-bond donors (Lipinski definition) is 0. The molecule has 0 spiro atoms. The largest absolute Gasteiger partial charge is 0.491 e. The van der Waals surface area contributed by atoms with Crippen LogP contribution < -0.4 is 4.74 Å². The molecule has 4 heteroatoms. The van der Waals surface area contributed by atoms with Crippen LogP contribution in [0.15, 0.2) is 24.3 Å². The zero-order chi connectivity index (χ0) is 11.8. The van der Waals surface area contributed by atoms with Crippen molar-refractivity contribution in [2.24, 2.45) is 0 Å². The first-order chi connectivity index (χ1) is 7.68. The first-order valence-corrected chi connectivity index (χ1v) is 5.29. The molecule has 0 fully saturated rings. The summed E-state index contributed by atoms with van der Waals surface area (Å²) in [5.41, 5.74) is 0. The lowest BCUT2D eigenvalue weighted by Gasteiger charge is -2.10. The molecule has 0 saturated heterocycles. The Labute approximate surface area is 95.8 Å². The number of likely N-dealkylation sites (N-methyl/N-ethyl adjacent to an activating group) is 1. The molecule has 16 heavy (non-hydrogen) atoms. The number of rotatable bonds is 7. The summed E-state index contributed by atoms with van der Waals surface area (Å²) in [7, 11) is 4.00. The molecular formula is C12H18FNO2. The average molecular weight is 227 g/mol. The molecule has 3 nitrogen and oxygen atoms in total. The van der Waals surface area contributed by atoms with Gasteiger partial charge < -0.3 is 14.4 Å². The van der Waals surface area contributed by atoms with Gasteiger partial charge in [-0.25, -0.2) is 4.39 Å². The molecule has 0 atom stereocenters. The third-order valence-electron chi connectivity index (χ3n) is 1.99. The zero-order valence-electron chi connectivity index (χ0n) is 9.78. The third kappa shape index (κ3) is 5.68. The number of ether oxygens (including phenoxy) is 2. The maximum Gasteiger partial charge on any atom is 0.123 e. The predicted octanol–water partition coefficient (Wildman–Crippen LogP) is 1.78. The minimum Gasteiger partial charge on any atom is -0.491 e. The fraction of sp³-hybridized carbons (Fsp3) is 0.500. The van der Waals surface area contributed by atoms with Crippen LogP contribution in [-0.2, 0) is 4.74 Å². The second-order valence-electron chi connectivity index (χ2n) is 3.72. The van der Waals surface area contributed by atoms with Gasteiger partial charge in [0.05, 0.1) is 13.2 Å². The van der Waals surface area contributed by atoms with Crippen LogP contribution in [0, 0.1) is 5.82 Å². The van der Waals surface area contributed by atoms with Crippen molar-refractivity contribution in [2.75, 3.05) is 40.5 Å². The number of halogens is 1.